The molecule has 0 aliphatic heterocycles. The maximum absolute atomic E-state index is 12.5. The first kappa shape index (κ1) is 19.8. The van der Waals surface area contributed by atoms with Crippen molar-refractivity contribution in [3.8, 4) is 5.75 Å². The second-order valence-electron chi connectivity index (χ2n) is 5.98. The summed E-state index contributed by atoms with van der Waals surface area (Å²) in [4.78, 5) is 16.5. The monoisotopic (exact) mass is 411 g/mol. The summed E-state index contributed by atoms with van der Waals surface area (Å²) in [6, 6.07) is 16.6. The molecule has 28 heavy (non-hydrogen) atoms. The molecule has 1 amide bonds. The highest BCUT2D eigenvalue weighted by atomic mass is 35.5. The number of ether oxygens (including phenoxy) is 1. The van der Waals surface area contributed by atoms with Crippen molar-refractivity contribution in [2.75, 3.05) is 12.4 Å². The molecule has 0 spiro atoms. The molecule has 1 aromatic heterocycles. The standard InChI is InChI=1S/C21H18ClN3O2S/c1-27-19-7-4-16(22)13-18(19)20(26)25-21(28)24-17-5-2-14(3-6-17)12-15-8-10-23-11-9-15/h2-11,13H,12H2,1H3,(H2,24,25,26,28). The number of thiocarbonyl (C=S) groups is 1. The van der Waals surface area contributed by atoms with Crippen LogP contribution in [-0.2, 0) is 6.42 Å². The first-order chi connectivity index (χ1) is 13.5. The number of carbonyl (C=O) groups excluding carboxylic acids is 1. The second kappa shape index (κ2) is 9.30. The van der Waals surface area contributed by atoms with Gasteiger partial charge in [-0.15, -0.1) is 0 Å². The van der Waals surface area contributed by atoms with Crippen LogP contribution in [0.3, 0.4) is 0 Å². The Morgan fingerprint density at radius 3 is 2.43 bits per heavy atom. The molecular formula is C21H18ClN3O2S. The molecule has 2 N–H and O–H groups in total. The molecule has 5 nitrogen and oxygen atoms in total. The molecule has 0 unspecified atom stereocenters. The minimum atomic E-state index is -0.397. The Labute approximate surface area is 173 Å². The van der Waals surface area contributed by atoms with E-state index < -0.39 is 5.91 Å². The molecular weight excluding hydrogens is 394 g/mol. The summed E-state index contributed by atoms with van der Waals surface area (Å²) in [7, 11) is 1.49. The number of methoxy groups -OCH3 is 1. The average molecular weight is 412 g/mol. The fourth-order valence-electron chi connectivity index (χ4n) is 2.63. The number of pyridine rings is 1. The van der Waals surface area contributed by atoms with E-state index in [1.807, 2.05) is 36.4 Å². The van der Waals surface area contributed by atoms with Crippen LogP contribution in [0.15, 0.2) is 67.0 Å². The SMILES string of the molecule is COc1ccc(Cl)cc1C(=O)NC(=S)Nc1ccc(Cc2ccncc2)cc1. The lowest BCUT2D eigenvalue weighted by Crippen LogP contribution is -2.34. The van der Waals surface area contributed by atoms with E-state index in [2.05, 4.69) is 15.6 Å². The summed E-state index contributed by atoms with van der Waals surface area (Å²) in [6.07, 6.45) is 4.38. The minimum absolute atomic E-state index is 0.189. The van der Waals surface area contributed by atoms with Crippen molar-refractivity contribution in [2.45, 2.75) is 6.42 Å². The third kappa shape index (κ3) is 5.28. The molecule has 3 rings (SSSR count). The largest absolute Gasteiger partial charge is 0.496 e. The Bertz CT molecular complexity index is 979. The maximum Gasteiger partial charge on any atom is 0.261 e. The van der Waals surface area contributed by atoms with Crippen LogP contribution in [0.2, 0.25) is 5.02 Å². The van der Waals surface area contributed by atoms with Gasteiger partial charge in [-0.3, -0.25) is 15.1 Å². The van der Waals surface area contributed by atoms with Crippen LogP contribution in [0, 0.1) is 0 Å². The van der Waals surface area contributed by atoms with Crippen LogP contribution in [0.25, 0.3) is 0 Å². The fraction of sp³-hybridized carbons (Fsp3) is 0.0952. The number of benzene rings is 2. The Morgan fingerprint density at radius 2 is 1.75 bits per heavy atom. The highest BCUT2D eigenvalue weighted by Crippen LogP contribution is 2.22. The lowest BCUT2D eigenvalue weighted by atomic mass is 10.1. The van der Waals surface area contributed by atoms with Crippen LogP contribution in [0.1, 0.15) is 21.5 Å². The summed E-state index contributed by atoms with van der Waals surface area (Å²) in [6.45, 7) is 0. The van der Waals surface area contributed by atoms with Crippen molar-refractivity contribution < 1.29 is 9.53 Å². The summed E-state index contributed by atoms with van der Waals surface area (Å²) in [5.74, 6) is 0.0244. The zero-order valence-corrected chi connectivity index (χ0v) is 16.7. The molecule has 0 radical (unpaired) electrons. The van der Waals surface area contributed by atoms with Crippen molar-refractivity contribution in [1.82, 2.24) is 10.3 Å². The van der Waals surface area contributed by atoms with Crippen LogP contribution in [0.5, 0.6) is 5.75 Å². The number of nitrogens with zero attached hydrogens (tertiary/aromatic N) is 1. The quantitative estimate of drug-likeness (QED) is 0.607. The van der Waals surface area contributed by atoms with E-state index in [0.717, 1.165) is 17.7 Å². The number of nitrogens with one attached hydrogen (secondary N) is 2. The van der Waals surface area contributed by atoms with Gasteiger partial charge in [-0.1, -0.05) is 23.7 Å². The molecule has 2 aromatic carbocycles. The molecule has 1 heterocycles. The van der Waals surface area contributed by atoms with Crippen molar-refractivity contribution in [3.63, 3.8) is 0 Å². The van der Waals surface area contributed by atoms with E-state index in [4.69, 9.17) is 28.6 Å². The Hall–Kier alpha value is -2.96. The van der Waals surface area contributed by atoms with E-state index in [1.54, 1.807) is 24.5 Å². The van der Waals surface area contributed by atoms with Gasteiger partial charge in [0, 0.05) is 23.1 Å². The van der Waals surface area contributed by atoms with E-state index in [1.165, 1.54) is 18.7 Å². The zero-order valence-electron chi connectivity index (χ0n) is 15.1. The smallest absolute Gasteiger partial charge is 0.261 e. The molecule has 0 saturated carbocycles. The lowest BCUT2D eigenvalue weighted by Gasteiger charge is -2.12. The van der Waals surface area contributed by atoms with Gasteiger partial charge in [-0.2, -0.15) is 0 Å². The van der Waals surface area contributed by atoms with E-state index in [-0.39, 0.29) is 5.11 Å². The van der Waals surface area contributed by atoms with Gasteiger partial charge in [-0.05, 0) is 72.2 Å². The molecule has 0 bridgehead atoms. The first-order valence-corrected chi connectivity index (χ1v) is 9.27. The first-order valence-electron chi connectivity index (χ1n) is 8.49. The number of anilines is 1. The van der Waals surface area contributed by atoms with Gasteiger partial charge in [0.1, 0.15) is 5.75 Å². The molecule has 0 aliphatic rings. The molecule has 0 atom stereocenters. The van der Waals surface area contributed by atoms with Crippen LogP contribution in [-0.4, -0.2) is 23.1 Å². The van der Waals surface area contributed by atoms with Gasteiger partial charge in [0.2, 0.25) is 0 Å². The topological polar surface area (TPSA) is 63.2 Å². The Balaban J connectivity index is 1.60. The summed E-state index contributed by atoms with van der Waals surface area (Å²) in [5, 5.41) is 6.27. The van der Waals surface area contributed by atoms with Gasteiger partial charge in [0.25, 0.3) is 5.91 Å². The third-order valence-corrected chi connectivity index (χ3v) is 4.44. The minimum Gasteiger partial charge on any atom is -0.496 e. The zero-order chi connectivity index (χ0) is 19.9. The highest BCUT2D eigenvalue weighted by molar-refractivity contribution is 7.80. The molecule has 3 aromatic rings. The number of carbonyl (C=O) groups is 1. The summed E-state index contributed by atoms with van der Waals surface area (Å²) >= 11 is 11.2. The summed E-state index contributed by atoms with van der Waals surface area (Å²) < 4.78 is 5.20. The van der Waals surface area contributed by atoms with Crippen LogP contribution >= 0.6 is 23.8 Å². The average Bonchev–Trinajstić information content (AvgIpc) is 2.70. The number of rotatable bonds is 5. The number of amides is 1. The predicted octanol–water partition coefficient (Wildman–Crippen LogP) is 4.46. The second-order valence-corrected chi connectivity index (χ2v) is 6.83. The van der Waals surface area contributed by atoms with Crippen LogP contribution in [0.4, 0.5) is 5.69 Å². The van der Waals surface area contributed by atoms with Gasteiger partial charge in [0.05, 0.1) is 12.7 Å². The number of hydrogen-bond acceptors (Lipinski definition) is 4. The normalized spacial score (nSPS) is 10.2. The van der Waals surface area contributed by atoms with Gasteiger partial charge in [-0.25, -0.2) is 0 Å². The lowest BCUT2D eigenvalue weighted by molar-refractivity contribution is 0.0975. The Kier molecular flexibility index (Phi) is 6.57. The van der Waals surface area contributed by atoms with E-state index in [9.17, 15) is 4.79 Å². The van der Waals surface area contributed by atoms with Crippen molar-refractivity contribution in [3.05, 3.63) is 88.7 Å². The third-order valence-electron chi connectivity index (χ3n) is 4.00. The summed E-state index contributed by atoms with van der Waals surface area (Å²) in [5.41, 5.74) is 3.44. The maximum atomic E-state index is 12.5. The van der Waals surface area contributed by atoms with Gasteiger partial charge >= 0.3 is 0 Å². The Morgan fingerprint density at radius 1 is 1.07 bits per heavy atom. The van der Waals surface area contributed by atoms with E-state index in [0.29, 0.717) is 16.3 Å². The van der Waals surface area contributed by atoms with Crippen molar-refractivity contribution in [2.24, 2.45) is 0 Å². The molecule has 142 valence electrons. The van der Waals surface area contributed by atoms with Crippen molar-refractivity contribution >= 4 is 40.5 Å². The van der Waals surface area contributed by atoms with E-state index >= 15 is 0 Å². The highest BCUT2D eigenvalue weighted by Gasteiger charge is 2.14. The fourth-order valence-corrected chi connectivity index (χ4v) is 3.02. The number of halogens is 1. The molecule has 0 fully saturated rings. The molecule has 0 aliphatic carbocycles. The predicted molar refractivity (Wildman–Crippen MR) is 115 cm³/mol. The van der Waals surface area contributed by atoms with Gasteiger partial charge in [0.15, 0.2) is 5.11 Å². The van der Waals surface area contributed by atoms with Crippen molar-refractivity contribution in [1.29, 1.82) is 0 Å². The number of aromatic nitrogens is 1. The van der Waals surface area contributed by atoms with Gasteiger partial charge < -0.3 is 10.1 Å². The molecule has 0 saturated heterocycles. The van der Waals surface area contributed by atoms with Crippen LogP contribution < -0.4 is 15.4 Å². The number of hydrogen-bond donors (Lipinski definition) is 2. The molecule has 7 heteroatoms.